The lowest BCUT2D eigenvalue weighted by molar-refractivity contribution is -0.120. The molecule has 0 bridgehead atoms. The maximum Gasteiger partial charge on any atom is 0.234 e. The zero-order valence-corrected chi connectivity index (χ0v) is 10.1. The minimum Gasteiger partial charge on any atom is -0.361 e. The van der Waals surface area contributed by atoms with E-state index in [4.69, 9.17) is 4.52 Å². The van der Waals surface area contributed by atoms with Crippen molar-refractivity contribution in [2.45, 2.75) is 33.2 Å². The van der Waals surface area contributed by atoms with E-state index >= 15 is 0 Å². The lowest BCUT2D eigenvalue weighted by Gasteiger charge is -2.05. The highest BCUT2D eigenvalue weighted by Crippen LogP contribution is 2.15. The Morgan fingerprint density at radius 2 is 2.12 bits per heavy atom. The Balaban J connectivity index is 2.64. The fraction of sp³-hybridized carbons (Fsp3) is 0.636. The first-order valence-corrected chi connectivity index (χ1v) is 5.60. The first kappa shape index (κ1) is 12.7. The zero-order valence-electron chi connectivity index (χ0n) is 10.1. The fourth-order valence-corrected chi connectivity index (χ4v) is 1.55. The summed E-state index contributed by atoms with van der Waals surface area (Å²) in [7, 11) is 1.74. The quantitative estimate of drug-likeness (QED) is 0.745. The Morgan fingerprint density at radius 1 is 1.38 bits per heavy atom. The van der Waals surface area contributed by atoms with E-state index in [1.54, 1.807) is 7.05 Å². The summed E-state index contributed by atoms with van der Waals surface area (Å²) in [4.78, 5) is 11.3. The topological polar surface area (TPSA) is 67.2 Å². The summed E-state index contributed by atoms with van der Waals surface area (Å²) in [5.74, 6) is 0.842. The van der Waals surface area contributed by atoms with E-state index in [0.717, 1.165) is 29.9 Å². The molecule has 5 nitrogen and oxygen atoms in total. The number of aromatic nitrogens is 1. The smallest absolute Gasteiger partial charge is 0.234 e. The Bertz CT molecular complexity index is 325. The van der Waals surface area contributed by atoms with Gasteiger partial charge in [-0.2, -0.15) is 0 Å². The number of amides is 1. The van der Waals surface area contributed by atoms with Gasteiger partial charge in [-0.3, -0.25) is 4.79 Å². The van der Waals surface area contributed by atoms with E-state index in [1.165, 1.54) is 0 Å². The van der Waals surface area contributed by atoms with E-state index in [1.807, 2.05) is 13.8 Å². The van der Waals surface area contributed by atoms with Crippen molar-refractivity contribution >= 4 is 5.91 Å². The van der Waals surface area contributed by atoms with Crippen molar-refractivity contribution in [3.8, 4) is 0 Å². The second-order valence-corrected chi connectivity index (χ2v) is 3.55. The third kappa shape index (κ3) is 3.06. The molecule has 0 fully saturated rings. The van der Waals surface area contributed by atoms with E-state index in [-0.39, 0.29) is 5.91 Å². The van der Waals surface area contributed by atoms with Gasteiger partial charge in [-0.25, -0.2) is 0 Å². The van der Waals surface area contributed by atoms with Crippen molar-refractivity contribution in [3.63, 3.8) is 0 Å². The van der Waals surface area contributed by atoms with E-state index in [9.17, 15) is 4.79 Å². The van der Waals surface area contributed by atoms with Crippen LogP contribution in [0.5, 0.6) is 0 Å². The summed E-state index contributed by atoms with van der Waals surface area (Å²) in [6.07, 6.45) is 1.62. The minimum absolute atomic E-state index is 0.0205. The predicted molar refractivity (Wildman–Crippen MR) is 61.0 cm³/mol. The molecule has 0 spiro atoms. The summed E-state index contributed by atoms with van der Waals surface area (Å²) in [5, 5.41) is 9.63. The normalized spacial score (nSPS) is 10.4. The average molecular weight is 225 g/mol. The minimum atomic E-state index is -0.0205. The molecule has 1 aromatic rings. The molecule has 1 heterocycles. The second kappa shape index (κ2) is 6.27. The molecule has 0 saturated carbocycles. The van der Waals surface area contributed by atoms with Crippen LogP contribution in [0.3, 0.4) is 0 Å². The molecule has 0 aliphatic heterocycles. The molecule has 5 heteroatoms. The highest BCUT2D eigenvalue weighted by molar-refractivity contribution is 5.77. The van der Waals surface area contributed by atoms with Crippen LogP contribution in [0.4, 0.5) is 0 Å². The molecule has 0 aliphatic carbocycles. The van der Waals surface area contributed by atoms with E-state index < -0.39 is 0 Å². The van der Waals surface area contributed by atoms with Gasteiger partial charge in [0, 0.05) is 18.5 Å². The van der Waals surface area contributed by atoms with Gasteiger partial charge in [-0.15, -0.1) is 0 Å². The van der Waals surface area contributed by atoms with Crippen LogP contribution in [0, 0.1) is 0 Å². The summed E-state index contributed by atoms with van der Waals surface area (Å²) in [6.45, 7) is 4.86. The number of nitrogens with zero attached hydrogens (tertiary/aromatic N) is 1. The summed E-state index contributed by atoms with van der Waals surface area (Å²) < 4.78 is 5.21. The molecular weight excluding hydrogens is 206 g/mol. The number of carbonyl (C=O) groups excluding carboxylic acids is 1. The zero-order chi connectivity index (χ0) is 12.0. The van der Waals surface area contributed by atoms with Gasteiger partial charge in [-0.05, 0) is 13.5 Å². The van der Waals surface area contributed by atoms with Crippen molar-refractivity contribution in [1.29, 1.82) is 0 Å². The predicted octanol–water partition coefficient (Wildman–Crippen LogP) is 0.635. The standard InChI is InChI=1S/C11H19N3O2/c1-4-9-8(10(5-2)16-14-9)6-13-11(15)7-12-3/h12H,4-7H2,1-3H3,(H,13,15). The van der Waals surface area contributed by atoms with Crippen LogP contribution in [0.25, 0.3) is 0 Å². The SMILES string of the molecule is CCc1noc(CC)c1CNC(=O)CNC. The van der Waals surface area contributed by atoms with Gasteiger partial charge in [0.25, 0.3) is 0 Å². The molecule has 0 saturated heterocycles. The lowest BCUT2D eigenvalue weighted by atomic mass is 10.1. The fourth-order valence-electron chi connectivity index (χ4n) is 1.55. The number of nitrogens with one attached hydrogen (secondary N) is 2. The first-order valence-electron chi connectivity index (χ1n) is 5.60. The van der Waals surface area contributed by atoms with Crippen LogP contribution in [-0.2, 0) is 24.2 Å². The van der Waals surface area contributed by atoms with Crippen LogP contribution < -0.4 is 10.6 Å². The Hall–Kier alpha value is -1.36. The van der Waals surface area contributed by atoms with Crippen LogP contribution in [-0.4, -0.2) is 24.7 Å². The van der Waals surface area contributed by atoms with Gasteiger partial charge in [-0.1, -0.05) is 19.0 Å². The number of hydrogen-bond acceptors (Lipinski definition) is 4. The molecule has 2 N–H and O–H groups in total. The van der Waals surface area contributed by atoms with Crippen molar-refractivity contribution in [2.75, 3.05) is 13.6 Å². The lowest BCUT2D eigenvalue weighted by Crippen LogP contribution is -2.32. The van der Waals surface area contributed by atoms with Gasteiger partial charge in [0.15, 0.2) is 0 Å². The number of likely N-dealkylation sites (N-methyl/N-ethyl adjacent to an activating group) is 1. The largest absolute Gasteiger partial charge is 0.361 e. The van der Waals surface area contributed by atoms with Crippen LogP contribution in [0.15, 0.2) is 4.52 Å². The molecule has 0 atom stereocenters. The van der Waals surface area contributed by atoms with Crippen molar-refractivity contribution in [3.05, 3.63) is 17.0 Å². The third-order valence-corrected chi connectivity index (χ3v) is 2.41. The van der Waals surface area contributed by atoms with Gasteiger partial charge in [0.1, 0.15) is 5.76 Å². The Morgan fingerprint density at radius 3 is 2.69 bits per heavy atom. The van der Waals surface area contributed by atoms with Crippen molar-refractivity contribution in [1.82, 2.24) is 15.8 Å². The Labute approximate surface area is 95.6 Å². The number of rotatable bonds is 6. The summed E-state index contributed by atoms with van der Waals surface area (Å²) >= 11 is 0. The molecule has 0 aromatic carbocycles. The van der Waals surface area contributed by atoms with E-state index in [0.29, 0.717) is 13.1 Å². The number of aryl methyl sites for hydroxylation is 2. The highest BCUT2D eigenvalue weighted by atomic mass is 16.5. The maximum absolute atomic E-state index is 11.3. The van der Waals surface area contributed by atoms with Crippen molar-refractivity contribution < 1.29 is 9.32 Å². The highest BCUT2D eigenvalue weighted by Gasteiger charge is 2.13. The van der Waals surface area contributed by atoms with Gasteiger partial charge >= 0.3 is 0 Å². The summed E-state index contributed by atoms with van der Waals surface area (Å²) in [5.41, 5.74) is 1.95. The number of carbonyl (C=O) groups is 1. The first-order chi connectivity index (χ1) is 7.72. The maximum atomic E-state index is 11.3. The van der Waals surface area contributed by atoms with Gasteiger partial charge in [0.05, 0.1) is 12.2 Å². The Kier molecular flexibility index (Phi) is 4.98. The van der Waals surface area contributed by atoms with Crippen LogP contribution >= 0.6 is 0 Å². The molecule has 90 valence electrons. The van der Waals surface area contributed by atoms with Crippen LogP contribution in [0.2, 0.25) is 0 Å². The molecule has 0 aliphatic rings. The van der Waals surface area contributed by atoms with E-state index in [2.05, 4.69) is 15.8 Å². The van der Waals surface area contributed by atoms with Crippen molar-refractivity contribution in [2.24, 2.45) is 0 Å². The molecule has 1 aromatic heterocycles. The van der Waals surface area contributed by atoms with Gasteiger partial charge in [0.2, 0.25) is 5.91 Å². The molecule has 16 heavy (non-hydrogen) atoms. The molecule has 0 unspecified atom stereocenters. The molecule has 1 rings (SSSR count). The molecule has 1 amide bonds. The van der Waals surface area contributed by atoms with Gasteiger partial charge < -0.3 is 15.2 Å². The average Bonchev–Trinajstić information content (AvgIpc) is 2.68. The number of hydrogen-bond donors (Lipinski definition) is 2. The third-order valence-electron chi connectivity index (χ3n) is 2.41. The molecular formula is C11H19N3O2. The monoisotopic (exact) mass is 225 g/mol. The summed E-state index contributed by atoms with van der Waals surface area (Å²) in [6, 6.07) is 0. The second-order valence-electron chi connectivity index (χ2n) is 3.55. The van der Waals surface area contributed by atoms with Crippen LogP contribution in [0.1, 0.15) is 30.9 Å². The molecule has 0 radical (unpaired) electrons.